The third-order valence-electron chi connectivity index (χ3n) is 3.06. The van der Waals surface area contributed by atoms with Gasteiger partial charge in [-0.05, 0) is 24.6 Å². The van der Waals surface area contributed by atoms with Gasteiger partial charge in [0.2, 0.25) is 0 Å². The van der Waals surface area contributed by atoms with Gasteiger partial charge >= 0.3 is 0 Å². The van der Waals surface area contributed by atoms with Crippen molar-refractivity contribution >= 4 is 0 Å². The summed E-state index contributed by atoms with van der Waals surface area (Å²) in [6.07, 6.45) is 1.83. The van der Waals surface area contributed by atoms with Crippen molar-refractivity contribution in [3.63, 3.8) is 0 Å². The predicted molar refractivity (Wildman–Crippen MR) is 57.3 cm³/mol. The second-order valence-electron chi connectivity index (χ2n) is 4.31. The van der Waals surface area contributed by atoms with E-state index in [-0.39, 0.29) is 5.79 Å². The molecule has 0 radical (unpaired) electrons. The van der Waals surface area contributed by atoms with Crippen LogP contribution in [0.1, 0.15) is 18.4 Å². The maximum absolute atomic E-state index is 5.95. The molecule has 0 aromatic heterocycles. The molecule has 1 aromatic carbocycles. The highest BCUT2D eigenvalue weighted by Gasteiger charge is 2.42. The molecule has 0 saturated carbocycles. The Balaban J connectivity index is 1.90. The molecular formula is C12H15NO2. The van der Waals surface area contributed by atoms with Gasteiger partial charge in [-0.2, -0.15) is 0 Å². The Labute approximate surface area is 89.4 Å². The van der Waals surface area contributed by atoms with Gasteiger partial charge in [-0.25, -0.2) is 0 Å². The largest absolute Gasteiger partial charge is 0.448 e. The van der Waals surface area contributed by atoms with Gasteiger partial charge in [-0.1, -0.05) is 6.07 Å². The van der Waals surface area contributed by atoms with E-state index in [4.69, 9.17) is 9.47 Å². The maximum atomic E-state index is 5.95. The van der Waals surface area contributed by atoms with Crippen LogP contribution in [0.2, 0.25) is 0 Å². The quantitative estimate of drug-likeness (QED) is 0.701. The van der Waals surface area contributed by atoms with Crippen molar-refractivity contribution in [1.82, 2.24) is 5.32 Å². The van der Waals surface area contributed by atoms with Crippen molar-refractivity contribution in [2.75, 3.05) is 13.1 Å². The minimum Gasteiger partial charge on any atom is -0.448 e. The van der Waals surface area contributed by atoms with Gasteiger partial charge in [0.15, 0.2) is 11.5 Å². The molecule has 80 valence electrons. The van der Waals surface area contributed by atoms with Crippen molar-refractivity contribution in [3.8, 4) is 11.5 Å². The van der Waals surface area contributed by atoms with Crippen LogP contribution < -0.4 is 14.8 Å². The van der Waals surface area contributed by atoms with Crippen molar-refractivity contribution in [2.45, 2.75) is 25.6 Å². The van der Waals surface area contributed by atoms with Crippen LogP contribution in [0.25, 0.3) is 0 Å². The number of fused-ring (bicyclic) bond motifs is 1. The summed E-state index contributed by atoms with van der Waals surface area (Å²) in [5.74, 6) is 1.40. The number of rotatable bonds is 0. The fourth-order valence-electron chi connectivity index (χ4n) is 2.21. The lowest BCUT2D eigenvalue weighted by atomic mass is 10.1. The van der Waals surface area contributed by atoms with E-state index in [0.717, 1.165) is 37.4 Å². The van der Waals surface area contributed by atoms with Crippen LogP contribution in [0, 0.1) is 6.92 Å². The summed E-state index contributed by atoms with van der Waals surface area (Å²) >= 11 is 0. The molecule has 2 aliphatic heterocycles. The zero-order chi connectivity index (χ0) is 10.3. The Morgan fingerprint density at radius 2 is 1.87 bits per heavy atom. The molecule has 0 aliphatic carbocycles. The lowest BCUT2D eigenvalue weighted by Crippen LogP contribution is -2.48. The van der Waals surface area contributed by atoms with Crippen LogP contribution in [0.5, 0.6) is 11.5 Å². The third-order valence-corrected chi connectivity index (χ3v) is 3.06. The fourth-order valence-corrected chi connectivity index (χ4v) is 2.21. The highest BCUT2D eigenvalue weighted by atomic mass is 16.7. The normalized spacial score (nSPS) is 21.9. The lowest BCUT2D eigenvalue weighted by Gasteiger charge is -2.31. The number of hydrogen-bond donors (Lipinski definition) is 1. The molecule has 15 heavy (non-hydrogen) atoms. The number of nitrogens with one attached hydrogen (secondary N) is 1. The lowest BCUT2D eigenvalue weighted by molar-refractivity contribution is -0.0998. The molecule has 3 heteroatoms. The summed E-state index contributed by atoms with van der Waals surface area (Å²) in [7, 11) is 0. The standard InChI is InChI=1S/C12H15NO2/c1-9-2-3-10-11(8-9)15-12(14-10)4-6-13-7-5-12/h2-3,8,13H,4-7H2,1H3. The number of piperidine rings is 1. The zero-order valence-electron chi connectivity index (χ0n) is 8.88. The number of aryl methyl sites for hydroxylation is 1. The van der Waals surface area contributed by atoms with Crippen LogP contribution >= 0.6 is 0 Å². The number of hydrogen-bond acceptors (Lipinski definition) is 3. The zero-order valence-corrected chi connectivity index (χ0v) is 8.88. The van der Waals surface area contributed by atoms with E-state index >= 15 is 0 Å². The SMILES string of the molecule is Cc1ccc2c(c1)OC1(CCNCC1)O2. The third kappa shape index (κ3) is 1.47. The maximum Gasteiger partial charge on any atom is 0.254 e. The predicted octanol–water partition coefficient (Wildman–Crippen LogP) is 1.85. The van der Waals surface area contributed by atoms with E-state index in [1.165, 1.54) is 5.56 Å². The van der Waals surface area contributed by atoms with Gasteiger partial charge in [0.1, 0.15) is 0 Å². The molecule has 3 nitrogen and oxygen atoms in total. The number of benzene rings is 1. The Bertz CT molecular complexity index is 383. The minimum absolute atomic E-state index is 0.388. The van der Waals surface area contributed by atoms with Gasteiger partial charge in [0, 0.05) is 25.9 Å². The fraction of sp³-hybridized carbons (Fsp3) is 0.500. The average molecular weight is 205 g/mol. The van der Waals surface area contributed by atoms with Crippen molar-refractivity contribution in [1.29, 1.82) is 0 Å². The molecule has 2 heterocycles. The molecule has 0 bridgehead atoms. The molecule has 3 rings (SSSR count). The summed E-state index contributed by atoms with van der Waals surface area (Å²) in [5.41, 5.74) is 1.21. The first-order chi connectivity index (χ1) is 7.27. The first-order valence-corrected chi connectivity index (χ1v) is 5.47. The second kappa shape index (κ2) is 3.14. The Morgan fingerprint density at radius 3 is 2.67 bits per heavy atom. The van der Waals surface area contributed by atoms with Crippen LogP contribution in [0.4, 0.5) is 0 Å². The topological polar surface area (TPSA) is 30.5 Å². The van der Waals surface area contributed by atoms with E-state index in [1.54, 1.807) is 0 Å². The van der Waals surface area contributed by atoms with Gasteiger partial charge in [-0.15, -0.1) is 0 Å². The monoisotopic (exact) mass is 205 g/mol. The van der Waals surface area contributed by atoms with Crippen LogP contribution in [-0.2, 0) is 0 Å². The Hall–Kier alpha value is -1.22. The van der Waals surface area contributed by atoms with Gasteiger partial charge in [0.05, 0.1) is 0 Å². The van der Waals surface area contributed by atoms with Crippen LogP contribution in [0.3, 0.4) is 0 Å². The molecule has 1 N–H and O–H groups in total. The molecule has 1 saturated heterocycles. The molecule has 0 unspecified atom stereocenters. The first kappa shape index (κ1) is 9.04. The van der Waals surface area contributed by atoms with Crippen LogP contribution in [-0.4, -0.2) is 18.9 Å². The Kier molecular flexibility index (Phi) is 1.89. The summed E-state index contributed by atoms with van der Waals surface area (Å²) in [6.45, 7) is 4.00. The number of ether oxygens (including phenoxy) is 2. The molecule has 2 aliphatic rings. The van der Waals surface area contributed by atoms with Gasteiger partial charge in [0.25, 0.3) is 5.79 Å². The van der Waals surface area contributed by atoms with Crippen molar-refractivity contribution < 1.29 is 9.47 Å². The second-order valence-corrected chi connectivity index (χ2v) is 4.31. The molecular weight excluding hydrogens is 190 g/mol. The van der Waals surface area contributed by atoms with E-state index in [9.17, 15) is 0 Å². The first-order valence-electron chi connectivity index (χ1n) is 5.47. The van der Waals surface area contributed by atoms with Crippen LogP contribution in [0.15, 0.2) is 18.2 Å². The van der Waals surface area contributed by atoms with Crippen molar-refractivity contribution in [3.05, 3.63) is 23.8 Å². The highest BCUT2D eigenvalue weighted by Crippen LogP contribution is 2.43. The molecule has 1 spiro atoms. The summed E-state index contributed by atoms with van der Waals surface area (Å²) in [6, 6.07) is 6.11. The minimum atomic E-state index is -0.388. The van der Waals surface area contributed by atoms with Gasteiger partial charge in [-0.3, -0.25) is 0 Å². The van der Waals surface area contributed by atoms with E-state index in [2.05, 4.69) is 18.3 Å². The summed E-state index contributed by atoms with van der Waals surface area (Å²) in [4.78, 5) is 0. The smallest absolute Gasteiger partial charge is 0.254 e. The molecule has 1 aromatic rings. The van der Waals surface area contributed by atoms with E-state index < -0.39 is 0 Å². The van der Waals surface area contributed by atoms with E-state index in [0.29, 0.717) is 0 Å². The average Bonchev–Trinajstić information content (AvgIpc) is 2.56. The Morgan fingerprint density at radius 1 is 1.13 bits per heavy atom. The van der Waals surface area contributed by atoms with Gasteiger partial charge < -0.3 is 14.8 Å². The molecule has 1 fully saturated rings. The van der Waals surface area contributed by atoms with Crippen molar-refractivity contribution in [2.24, 2.45) is 0 Å². The highest BCUT2D eigenvalue weighted by molar-refractivity contribution is 5.45. The summed E-state index contributed by atoms with van der Waals surface area (Å²) < 4.78 is 11.9. The molecule has 0 atom stereocenters. The van der Waals surface area contributed by atoms with E-state index in [1.807, 2.05) is 12.1 Å². The molecule has 0 amide bonds. The summed E-state index contributed by atoms with van der Waals surface area (Å²) in [5, 5.41) is 3.31.